The van der Waals surface area contributed by atoms with Crippen LogP contribution in [0, 0.1) is 5.92 Å². The number of amides is 1. The minimum Gasteiger partial charge on any atom is -0.444 e. The van der Waals surface area contributed by atoms with E-state index < -0.39 is 5.60 Å². The molecule has 31 heavy (non-hydrogen) atoms. The normalized spacial score (nSPS) is 19.5. The molecular formula is C23H37N5O3. The Bertz CT molecular complexity index is 743. The van der Waals surface area contributed by atoms with Gasteiger partial charge >= 0.3 is 6.09 Å². The molecule has 0 bridgehead atoms. The molecule has 2 fully saturated rings. The molecule has 8 heteroatoms. The van der Waals surface area contributed by atoms with E-state index in [1.807, 2.05) is 49.9 Å². The number of anilines is 1. The predicted molar refractivity (Wildman–Crippen MR) is 123 cm³/mol. The number of piperazine rings is 1. The number of nitrogens with two attached hydrogens (primary N) is 1. The van der Waals surface area contributed by atoms with Gasteiger partial charge in [0.15, 0.2) is 5.84 Å². The van der Waals surface area contributed by atoms with E-state index in [0.29, 0.717) is 5.92 Å². The van der Waals surface area contributed by atoms with E-state index in [-0.39, 0.29) is 11.9 Å². The van der Waals surface area contributed by atoms with Crippen LogP contribution in [-0.2, 0) is 4.74 Å². The minimum atomic E-state index is -0.431. The Balaban J connectivity index is 1.36. The number of ether oxygens (including phenoxy) is 1. The van der Waals surface area contributed by atoms with Gasteiger partial charge in [0.05, 0.1) is 0 Å². The zero-order valence-corrected chi connectivity index (χ0v) is 19.1. The molecule has 172 valence electrons. The van der Waals surface area contributed by atoms with Crippen LogP contribution in [0.5, 0.6) is 0 Å². The smallest absolute Gasteiger partial charge is 0.410 e. The highest BCUT2D eigenvalue weighted by Crippen LogP contribution is 2.23. The van der Waals surface area contributed by atoms with Gasteiger partial charge in [0, 0.05) is 50.5 Å². The van der Waals surface area contributed by atoms with Gasteiger partial charge in [-0.1, -0.05) is 5.16 Å². The van der Waals surface area contributed by atoms with Crippen molar-refractivity contribution in [2.24, 2.45) is 16.8 Å². The first kappa shape index (κ1) is 23.2. The van der Waals surface area contributed by atoms with E-state index in [0.717, 1.165) is 64.2 Å². The Morgan fingerprint density at radius 1 is 1.10 bits per heavy atom. The molecule has 0 aliphatic carbocycles. The molecule has 0 atom stereocenters. The second-order valence-electron chi connectivity index (χ2n) is 9.56. The number of oxime groups is 1. The molecule has 2 heterocycles. The lowest BCUT2D eigenvalue weighted by Gasteiger charge is -2.38. The lowest BCUT2D eigenvalue weighted by molar-refractivity contribution is 0.0177. The van der Waals surface area contributed by atoms with Crippen LogP contribution in [-0.4, -0.2) is 78.4 Å². The first-order chi connectivity index (χ1) is 14.7. The molecule has 0 unspecified atom stereocenters. The zero-order chi connectivity index (χ0) is 22.4. The molecule has 3 rings (SSSR count). The summed E-state index contributed by atoms with van der Waals surface area (Å²) in [6.45, 7) is 12.6. The van der Waals surface area contributed by atoms with Crippen LogP contribution in [0.4, 0.5) is 10.5 Å². The number of carbonyl (C=O) groups is 1. The Kier molecular flexibility index (Phi) is 7.64. The summed E-state index contributed by atoms with van der Waals surface area (Å²) in [5, 5.41) is 11.8. The number of rotatable bonds is 5. The number of amidine groups is 1. The first-order valence-corrected chi connectivity index (χ1v) is 11.3. The van der Waals surface area contributed by atoms with Crippen LogP contribution in [0.25, 0.3) is 0 Å². The van der Waals surface area contributed by atoms with E-state index in [2.05, 4.69) is 15.0 Å². The fourth-order valence-electron chi connectivity index (χ4n) is 4.23. The largest absolute Gasteiger partial charge is 0.444 e. The standard InChI is InChI=1S/C23H37N5O3/c1-23(2,3)31-22(29)28-12-9-18(10-13-28)8-11-26-14-16-27(17-15-26)20-6-4-19(5-7-20)21(24)25-30/h4-7,18,30H,8-17H2,1-3H3,(H2,24,25). The van der Waals surface area contributed by atoms with E-state index in [1.54, 1.807) is 0 Å². The van der Waals surface area contributed by atoms with Crippen LogP contribution >= 0.6 is 0 Å². The number of benzene rings is 1. The van der Waals surface area contributed by atoms with Gasteiger partial charge in [-0.2, -0.15) is 0 Å². The lowest BCUT2D eigenvalue weighted by Crippen LogP contribution is -2.47. The molecule has 0 aromatic heterocycles. The zero-order valence-electron chi connectivity index (χ0n) is 19.1. The van der Waals surface area contributed by atoms with Gasteiger partial charge in [0.25, 0.3) is 0 Å². The molecule has 0 saturated carbocycles. The molecule has 1 aromatic carbocycles. The molecule has 2 saturated heterocycles. The summed E-state index contributed by atoms with van der Waals surface area (Å²) in [5.74, 6) is 0.816. The van der Waals surface area contributed by atoms with Crippen molar-refractivity contribution in [2.75, 3.05) is 50.7 Å². The maximum absolute atomic E-state index is 12.2. The van der Waals surface area contributed by atoms with E-state index in [1.165, 1.54) is 12.1 Å². The SMILES string of the molecule is CC(C)(C)OC(=O)N1CCC(CCN2CCN(c3ccc(/C(N)=N/O)cc3)CC2)CC1. The van der Waals surface area contributed by atoms with E-state index in [9.17, 15) is 4.79 Å². The summed E-state index contributed by atoms with van der Waals surface area (Å²) in [5.41, 5.74) is 7.10. The molecule has 0 spiro atoms. The van der Waals surface area contributed by atoms with Gasteiger partial charge in [0.1, 0.15) is 5.60 Å². The second-order valence-corrected chi connectivity index (χ2v) is 9.56. The van der Waals surface area contributed by atoms with Crippen LogP contribution in [0.2, 0.25) is 0 Å². The average molecular weight is 432 g/mol. The molecule has 2 aliphatic heterocycles. The third-order valence-corrected chi connectivity index (χ3v) is 6.13. The summed E-state index contributed by atoms with van der Waals surface area (Å²) in [7, 11) is 0. The number of nitrogens with zero attached hydrogens (tertiary/aromatic N) is 4. The summed E-state index contributed by atoms with van der Waals surface area (Å²) in [6, 6.07) is 7.84. The molecular weight excluding hydrogens is 394 g/mol. The van der Waals surface area contributed by atoms with Crippen molar-refractivity contribution in [3.63, 3.8) is 0 Å². The van der Waals surface area contributed by atoms with Crippen molar-refractivity contribution in [1.29, 1.82) is 0 Å². The first-order valence-electron chi connectivity index (χ1n) is 11.3. The van der Waals surface area contributed by atoms with Crippen LogP contribution < -0.4 is 10.6 Å². The van der Waals surface area contributed by atoms with Crippen molar-refractivity contribution in [3.05, 3.63) is 29.8 Å². The predicted octanol–water partition coefficient (Wildman–Crippen LogP) is 2.94. The maximum Gasteiger partial charge on any atom is 0.410 e. The van der Waals surface area contributed by atoms with Gasteiger partial charge in [-0.15, -0.1) is 0 Å². The molecule has 1 aromatic rings. The maximum atomic E-state index is 12.2. The third kappa shape index (κ3) is 6.75. The Morgan fingerprint density at radius 2 is 1.71 bits per heavy atom. The van der Waals surface area contributed by atoms with Crippen molar-refractivity contribution in [3.8, 4) is 0 Å². The molecule has 3 N–H and O–H groups in total. The Labute approximate surface area is 185 Å². The highest BCUT2D eigenvalue weighted by Gasteiger charge is 2.27. The van der Waals surface area contributed by atoms with Gasteiger partial charge in [-0.25, -0.2) is 4.79 Å². The molecule has 8 nitrogen and oxygen atoms in total. The summed E-state index contributed by atoms with van der Waals surface area (Å²) in [6.07, 6.45) is 3.13. The van der Waals surface area contributed by atoms with Gasteiger partial charge in [-0.05, 0) is 76.8 Å². The van der Waals surface area contributed by atoms with Gasteiger partial charge in [0.2, 0.25) is 0 Å². The fraction of sp³-hybridized carbons (Fsp3) is 0.652. The number of likely N-dealkylation sites (tertiary alicyclic amines) is 1. The Hall–Kier alpha value is -2.48. The fourth-order valence-corrected chi connectivity index (χ4v) is 4.23. The number of hydrogen-bond donors (Lipinski definition) is 2. The molecule has 0 radical (unpaired) electrons. The van der Waals surface area contributed by atoms with E-state index in [4.69, 9.17) is 15.7 Å². The minimum absolute atomic E-state index is 0.133. The van der Waals surface area contributed by atoms with Gasteiger partial charge in [-0.3, -0.25) is 4.90 Å². The van der Waals surface area contributed by atoms with Crippen molar-refractivity contribution >= 4 is 17.6 Å². The number of piperidine rings is 1. The quantitative estimate of drug-likeness (QED) is 0.322. The number of hydrogen-bond acceptors (Lipinski definition) is 6. The highest BCUT2D eigenvalue weighted by molar-refractivity contribution is 5.97. The van der Waals surface area contributed by atoms with Crippen molar-refractivity contribution in [1.82, 2.24) is 9.80 Å². The van der Waals surface area contributed by atoms with Crippen LogP contribution in [0.3, 0.4) is 0 Å². The van der Waals surface area contributed by atoms with Crippen molar-refractivity contribution in [2.45, 2.75) is 45.6 Å². The van der Waals surface area contributed by atoms with Crippen LogP contribution in [0.1, 0.15) is 45.6 Å². The van der Waals surface area contributed by atoms with E-state index >= 15 is 0 Å². The average Bonchev–Trinajstić information content (AvgIpc) is 2.77. The topological polar surface area (TPSA) is 94.6 Å². The van der Waals surface area contributed by atoms with Crippen LogP contribution in [0.15, 0.2) is 29.4 Å². The Morgan fingerprint density at radius 3 is 2.26 bits per heavy atom. The number of carbonyl (C=O) groups excluding carboxylic acids is 1. The second kappa shape index (κ2) is 10.2. The monoisotopic (exact) mass is 431 g/mol. The highest BCUT2D eigenvalue weighted by atomic mass is 16.6. The summed E-state index contributed by atoms with van der Waals surface area (Å²) in [4.78, 5) is 19.0. The van der Waals surface area contributed by atoms with Crippen molar-refractivity contribution < 1.29 is 14.7 Å². The molecule has 1 amide bonds. The van der Waals surface area contributed by atoms with Gasteiger partial charge < -0.3 is 25.5 Å². The molecule has 2 aliphatic rings. The lowest BCUT2D eigenvalue weighted by atomic mass is 9.93. The third-order valence-electron chi connectivity index (χ3n) is 6.13. The summed E-state index contributed by atoms with van der Waals surface area (Å²) >= 11 is 0. The summed E-state index contributed by atoms with van der Waals surface area (Å²) < 4.78 is 5.49.